The minimum Gasteiger partial charge on any atom is -0.479 e. The first-order valence-electron chi connectivity index (χ1n) is 9.10. The van der Waals surface area contributed by atoms with Crippen LogP contribution in [0, 0.1) is 13.8 Å². The molecule has 4 nitrogen and oxygen atoms in total. The summed E-state index contributed by atoms with van der Waals surface area (Å²) in [4.78, 5) is 19.7. The van der Waals surface area contributed by atoms with E-state index < -0.39 is 5.60 Å². The predicted octanol–water partition coefficient (Wildman–Crippen LogP) is 4.71. The van der Waals surface area contributed by atoms with Crippen molar-refractivity contribution in [1.29, 1.82) is 0 Å². The number of ketones is 1. The van der Waals surface area contributed by atoms with Gasteiger partial charge in [0.2, 0.25) is 5.78 Å². The molecule has 26 heavy (non-hydrogen) atoms. The van der Waals surface area contributed by atoms with Crippen LogP contribution in [0.4, 0.5) is 5.69 Å². The number of aryl methyl sites for hydroxylation is 2. The van der Waals surface area contributed by atoms with Crippen LogP contribution in [0.25, 0.3) is 0 Å². The van der Waals surface area contributed by atoms with Gasteiger partial charge in [-0.05, 0) is 69.0 Å². The molecule has 2 aromatic carbocycles. The summed E-state index contributed by atoms with van der Waals surface area (Å²) < 4.78 is 6.06. The Kier molecular flexibility index (Phi) is 5.12. The van der Waals surface area contributed by atoms with Crippen molar-refractivity contribution in [2.24, 2.45) is 4.99 Å². The van der Waals surface area contributed by atoms with Crippen molar-refractivity contribution >= 4 is 17.8 Å². The Bertz CT molecular complexity index is 824. The summed E-state index contributed by atoms with van der Waals surface area (Å²) in [7, 11) is 1.99. The van der Waals surface area contributed by atoms with Gasteiger partial charge in [0.15, 0.2) is 5.60 Å². The molecule has 0 aliphatic heterocycles. The molecule has 1 aliphatic rings. The van der Waals surface area contributed by atoms with E-state index in [1.807, 2.05) is 74.6 Å². The Morgan fingerprint density at radius 2 is 1.88 bits per heavy atom. The second kappa shape index (κ2) is 7.32. The van der Waals surface area contributed by atoms with E-state index in [2.05, 4.69) is 11.9 Å². The first-order valence-corrected chi connectivity index (χ1v) is 9.10. The van der Waals surface area contributed by atoms with Crippen LogP contribution in [0.3, 0.4) is 0 Å². The summed E-state index contributed by atoms with van der Waals surface area (Å²) in [6.45, 7) is 6.94. The van der Waals surface area contributed by atoms with Gasteiger partial charge in [-0.15, -0.1) is 0 Å². The van der Waals surface area contributed by atoms with E-state index in [1.54, 1.807) is 0 Å². The Balaban J connectivity index is 1.84. The van der Waals surface area contributed by atoms with Crippen molar-refractivity contribution in [3.8, 4) is 5.75 Å². The maximum atomic E-state index is 13.2. The monoisotopic (exact) mass is 350 g/mol. The number of rotatable bonds is 7. The topological polar surface area (TPSA) is 41.9 Å². The molecule has 0 spiro atoms. The van der Waals surface area contributed by atoms with E-state index >= 15 is 0 Å². The number of Topliss-reactive ketones (excluding diaryl/α,β-unsaturated/α-hetero) is 1. The maximum Gasteiger partial charge on any atom is 0.206 e. The van der Waals surface area contributed by atoms with E-state index in [0.29, 0.717) is 0 Å². The number of ether oxygens (including phenoxy) is 1. The SMILES string of the molecule is CCN(C)C=Nc1cc(C)c(C(=O)C2(Oc3ccccc3)CC2)cc1C. The second-order valence-corrected chi connectivity index (χ2v) is 7.01. The van der Waals surface area contributed by atoms with Crippen LogP contribution in [-0.4, -0.2) is 36.2 Å². The Hall–Kier alpha value is -2.62. The zero-order chi connectivity index (χ0) is 18.7. The molecule has 0 unspecified atom stereocenters. The van der Waals surface area contributed by atoms with Crippen molar-refractivity contribution in [3.05, 3.63) is 59.2 Å². The minimum atomic E-state index is -0.703. The van der Waals surface area contributed by atoms with Gasteiger partial charge in [-0.2, -0.15) is 0 Å². The zero-order valence-electron chi connectivity index (χ0n) is 16.0. The molecule has 1 fully saturated rings. The van der Waals surface area contributed by atoms with Crippen molar-refractivity contribution in [2.75, 3.05) is 13.6 Å². The summed E-state index contributed by atoms with van der Waals surface area (Å²) in [6, 6.07) is 13.5. The molecular formula is C22H26N2O2. The molecular weight excluding hydrogens is 324 g/mol. The summed E-state index contributed by atoms with van der Waals surface area (Å²) in [5.74, 6) is 0.819. The summed E-state index contributed by atoms with van der Waals surface area (Å²) in [5.41, 5.74) is 2.86. The Labute approximate surface area is 155 Å². The molecule has 0 saturated heterocycles. The van der Waals surface area contributed by atoms with Crippen LogP contribution in [0.15, 0.2) is 47.5 Å². The molecule has 1 aliphatic carbocycles. The molecule has 0 heterocycles. The third-order valence-electron chi connectivity index (χ3n) is 4.85. The van der Waals surface area contributed by atoms with E-state index in [0.717, 1.165) is 47.5 Å². The van der Waals surface area contributed by atoms with Crippen LogP contribution in [0.1, 0.15) is 41.3 Å². The highest BCUT2D eigenvalue weighted by molar-refractivity contribution is 6.06. The van der Waals surface area contributed by atoms with Crippen molar-refractivity contribution in [1.82, 2.24) is 4.90 Å². The van der Waals surface area contributed by atoms with Crippen molar-refractivity contribution in [2.45, 2.75) is 39.2 Å². The maximum absolute atomic E-state index is 13.2. The van der Waals surface area contributed by atoms with Gasteiger partial charge in [-0.3, -0.25) is 4.79 Å². The second-order valence-electron chi connectivity index (χ2n) is 7.01. The van der Waals surface area contributed by atoms with Gasteiger partial charge in [0.05, 0.1) is 12.0 Å². The quantitative estimate of drug-likeness (QED) is 0.412. The van der Waals surface area contributed by atoms with Crippen LogP contribution in [0.2, 0.25) is 0 Å². The molecule has 1 saturated carbocycles. The van der Waals surface area contributed by atoms with Crippen LogP contribution < -0.4 is 4.74 Å². The summed E-state index contributed by atoms with van der Waals surface area (Å²) in [6.07, 6.45) is 3.35. The lowest BCUT2D eigenvalue weighted by Gasteiger charge is -2.19. The van der Waals surface area contributed by atoms with Gasteiger partial charge < -0.3 is 9.64 Å². The number of benzene rings is 2. The average Bonchev–Trinajstić information content (AvgIpc) is 3.42. The Morgan fingerprint density at radius 1 is 1.19 bits per heavy atom. The molecule has 4 heteroatoms. The molecule has 0 radical (unpaired) electrons. The van der Waals surface area contributed by atoms with Crippen LogP contribution in [0.5, 0.6) is 5.75 Å². The van der Waals surface area contributed by atoms with Gasteiger partial charge >= 0.3 is 0 Å². The minimum absolute atomic E-state index is 0.0724. The lowest BCUT2D eigenvalue weighted by molar-refractivity contribution is 0.0745. The normalized spacial score (nSPS) is 15.1. The predicted molar refractivity (Wildman–Crippen MR) is 106 cm³/mol. The molecule has 0 bridgehead atoms. The molecule has 0 aromatic heterocycles. The highest BCUT2D eigenvalue weighted by atomic mass is 16.5. The third kappa shape index (κ3) is 3.79. The number of carbonyl (C=O) groups excluding carboxylic acids is 1. The molecule has 0 N–H and O–H groups in total. The smallest absolute Gasteiger partial charge is 0.206 e. The standard InChI is InChI=1S/C22H26N2O2/c1-5-24(4)15-23-20-14-16(2)19(13-17(20)3)21(25)22(11-12-22)26-18-9-7-6-8-10-18/h6-10,13-15H,5,11-12H2,1-4H3. The fraction of sp³-hybridized carbons (Fsp3) is 0.364. The summed E-state index contributed by atoms with van der Waals surface area (Å²) in [5, 5.41) is 0. The van der Waals surface area contributed by atoms with Crippen LogP contribution >= 0.6 is 0 Å². The van der Waals surface area contributed by atoms with Crippen LogP contribution in [-0.2, 0) is 0 Å². The van der Waals surface area contributed by atoms with E-state index in [-0.39, 0.29) is 5.78 Å². The highest BCUT2D eigenvalue weighted by Gasteiger charge is 2.53. The van der Waals surface area contributed by atoms with Gasteiger partial charge in [-0.1, -0.05) is 18.2 Å². The van der Waals surface area contributed by atoms with E-state index in [9.17, 15) is 4.79 Å². The fourth-order valence-corrected chi connectivity index (χ4v) is 2.88. The highest BCUT2D eigenvalue weighted by Crippen LogP contribution is 2.43. The fourth-order valence-electron chi connectivity index (χ4n) is 2.88. The molecule has 2 aromatic rings. The van der Waals surface area contributed by atoms with E-state index in [4.69, 9.17) is 4.74 Å². The first kappa shape index (κ1) is 18.2. The number of para-hydroxylation sites is 1. The lowest BCUT2D eigenvalue weighted by Crippen LogP contribution is -2.30. The molecule has 0 atom stereocenters. The number of hydrogen-bond acceptors (Lipinski definition) is 3. The Morgan fingerprint density at radius 3 is 2.50 bits per heavy atom. The van der Waals surface area contributed by atoms with Crippen molar-refractivity contribution < 1.29 is 9.53 Å². The molecule has 0 amide bonds. The molecule has 3 rings (SSSR count). The van der Waals surface area contributed by atoms with Gasteiger partial charge in [-0.25, -0.2) is 4.99 Å². The van der Waals surface area contributed by atoms with E-state index in [1.165, 1.54) is 0 Å². The number of aliphatic imine (C=N–C) groups is 1. The zero-order valence-corrected chi connectivity index (χ0v) is 16.0. The molecule has 136 valence electrons. The van der Waals surface area contributed by atoms with Gasteiger partial charge in [0, 0.05) is 19.2 Å². The number of carbonyl (C=O) groups is 1. The van der Waals surface area contributed by atoms with Gasteiger partial charge in [0.25, 0.3) is 0 Å². The van der Waals surface area contributed by atoms with Gasteiger partial charge in [0.1, 0.15) is 5.75 Å². The lowest BCUT2D eigenvalue weighted by atomic mass is 9.96. The summed E-state index contributed by atoms with van der Waals surface area (Å²) >= 11 is 0. The average molecular weight is 350 g/mol. The third-order valence-corrected chi connectivity index (χ3v) is 4.85. The van der Waals surface area contributed by atoms with Crippen molar-refractivity contribution in [3.63, 3.8) is 0 Å². The first-order chi connectivity index (χ1) is 12.4. The largest absolute Gasteiger partial charge is 0.479 e. The number of nitrogens with zero attached hydrogens (tertiary/aromatic N) is 2. The number of hydrogen-bond donors (Lipinski definition) is 0.